The maximum Gasteiger partial charge on any atom is 0.418 e. The molecule has 10 heteroatoms. The molecule has 1 saturated heterocycles. The van der Waals surface area contributed by atoms with Crippen molar-refractivity contribution >= 4 is 10.9 Å². The third kappa shape index (κ3) is 4.48. The summed E-state index contributed by atoms with van der Waals surface area (Å²) >= 11 is 0. The standard InChI is InChI=1S/C29H33F3N6O/c1-18-6-5-9-37(14-18)15-21-11-23-24(29(30,31)32)16-38(26(39)25(23)34-21)22-8-4-7-20(10-22)28(12-19(2)13-28)27-35-33-17-36(27)3/h4,7-8,10-11,16-19,34H,5-6,9,12-15H2,1-3H3/t18-,19?,28?/m0/s1/i15D2. The van der Waals surface area contributed by atoms with E-state index in [1.54, 1.807) is 29.4 Å². The van der Waals surface area contributed by atoms with E-state index in [4.69, 9.17) is 2.74 Å². The maximum absolute atomic E-state index is 14.4. The van der Waals surface area contributed by atoms with Crippen LogP contribution in [0.1, 0.15) is 64.9 Å². The zero-order valence-electron chi connectivity index (χ0n) is 24.2. The minimum absolute atomic E-state index is 0.0552. The van der Waals surface area contributed by atoms with Crippen molar-refractivity contribution in [1.82, 2.24) is 29.2 Å². The predicted molar refractivity (Wildman–Crippen MR) is 143 cm³/mol. The van der Waals surface area contributed by atoms with Gasteiger partial charge in [0.1, 0.15) is 17.7 Å². The van der Waals surface area contributed by atoms with Crippen molar-refractivity contribution in [3.05, 3.63) is 75.9 Å². The van der Waals surface area contributed by atoms with Gasteiger partial charge in [0, 0.05) is 45.8 Å². The van der Waals surface area contributed by atoms with Crippen LogP contribution in [-0.4, -0.2) is 42.3 Å². The van der Waals surface area contributed by atoms with Gasteiger partial charge in [-0.2, -0.15) is 13.2 Å². The number of nitrogens with zero attached hydrogens (tertiary/aromatic N) is 5. The number of aryl methyl sites for hydroxylation is 1. The Hall–Kier alpha value is -3.40. The molecule has 6 rings (SSSR count). The van der Waals surface area contributed by atoms with E-state index in [1.165, 1.54) is 0 Å². The first-order chi connectivity index (χ1) is 19.3. The number of H-pyrrole nitrogens is 1. The van der Waals surface area contributed by atoms with Crippen molar-refractivity contribution < 1.29 is 15.9 Å². The smallest absolute Gasteiger partial charge is 0.353 e. The molecule has 0 radical (unpaired) electrons. The molecule has 2 aliphatic rings. The summed E-state index contributed by atoms with van der Waals surface area (Å²) < 4.78 is 63.7. The van der Waals surface area contributed by atoms with E-state index in [0.29, 0.717) is 24.7 Å². The predicted octanol–water partition coefficient (Wildman–Crippen LogP) is 5.41. The number of fused-ring (bicyclic) bond motifs is 1. The van der Waals surface area contributed by atoms with E-state index in [2.05, 4.69) is 22.1 Å². The van der Waals surface area contributed by atoms with Gasteiger partial charge in [-0.1, -0.05) is 26.0 Å². The summed E-state index contributed by atoms with van der Waals surface area (Å²) in [6.07, 6.45) is 1.07. The molecule has 1 aliphatic heterocycles. The molecule has 2 fully saturated rings. The molecule has 0 unspecified atom stereocenters. The van der Waals surface area contributed by atoms with Crippen LogP contribution in [0.25, 0.3) is 16.6 Å². The number of piperidine rings is 1. The van der Waals surface area contributed by atoms with Gasteiger partial charge in [0.05, 0.1) is 11.0 Å². The Balaban J connectivity index is 1.49. The summed E-state index contributed by atoms with van der Waals surface area (Å²) in [6.45, 7) is 3.08. The number of benzene rings is 1. The molecule has 1 aromatic carbocycles. The molecule has 1 atom stereocenters. The van der Waals surface area contributed by atoms with Crippen molar-refractivity contribution in [2.45, 2.75) is 57.6 Å². The van der Waals surface area contributed by atoms with Crippen molar-refractivity contribution in [2.24, 2.45) is 18.9 Å². The number of halogens is 3. The van der Waals surface area contributed by atoms with E-state index in [1.807, 2.05) is 24.6 Å². The summed E-state index contributed by atoms with van der Waals surface area (Å²) in [4.78, 5) is 18.2. The lowest BCUT2D eigenvalue weighted by Gasteiger charge is -2.46. The molecule has 4 aromatic rings. The first-order valence-electron chi connectivity index (χ1n) is 14.4. The third-order valence-corrected chi connectivity index (χ3v) is 8.25. The fraction of sp³-hybridized carbons (Fsp3) is 0.483. The number of aromatic nitrogens is 5. The van der Waals surface area contributed by atoms with Crippen LogP contribution in [0.15, 0.2) is 47.7 Å². The Morgan fingerprint density at radius 3 is 2.67 bits per heavy atom. The molecule has 4 heterocycles. The van der Waals surface area contributed by atoms with Crippen LogP contribution in [0.3, 0.4) is 0 Å². The van der Waals surface area contributed by atoms with Gasteiger partial charge in [-0.15, -0.1) is 10.2 Å². The van der Waals surface area contributed by atoms with Gasteiger partial charge in [-0.05, 0) is 67.8 Å². The molecule has 3 aromatic heterocycles. The third-order valence-electron chi connectivity index (χ3n) is 8.25. The highest BCUT2D eigenvalue weighted by molar-refractivity contribution is 5.84. The minimum Gasteiger partial charge on any atom is -0.353 e. The molecule has 206 valence electrons. The monoisotopic (exact) mass is 540 g/mol. The molecular formula is C29H33F3N6O. The number of hydrogen-bond acceptors (Lipinski definition) is 4. The zero-order valence-corrected chi connectivity index (χ0v) is 22.2. The van der Waals surface area contributed by atoms with Gasteiger partial charge in [0.15, 0.2) is 0 Å². The summed E-state index contributed by atoms with van der Waals surface area (Å²) in [7, 11) is 1.87. The fourth-order valence-electron chi connectivity index (χ4n) is 6.50. The topological polar surface area (TPSA) is 71.7 Å². The Morgan fingerprint density at radius 1 is 1.21 bits per heavy atom. The maximum atomic E-state index is 14.4. The second-order valence-corrected chi connectivity index (χ2v) is 11.4. The Bertz CT molecular complexity index is 1670. The molecule has 0 amide bonds. The van der Waals surface area contributed by atoms with Gasteiger partial charge in [-0.3, -0.25) is 14.3 Å². The van der Waals surface area contributed by atoms with Gasteiger partial charge in [0.2, 0.25) is 0 Å². The normalized spacial score (nSPS) is 25.4. The highest BCUT2D eigenvalue weighted by atomic mass is 19.4. The summed E-state index contributed by atoms with van der Waals surface area (Å²) in [5, 5.41) is 8.06. The van der Waals surface area contributed by atoms with Crippen molar-refractivity contribution in [3.8, 4) is 5.69 Å². The fourth-order valence-corrected chi connectivity index (χ4v) is 6.50. The average molecular weight is 541 g/mol. The van der Waals surface area contributed by atoms with Crippen molar-refractivity contribution in [1.29, 1.82) is 0 Å². The van der Waals surface area contributed by atoms with Crippen molar-refractivity contribution in [3.63, 3.8) is 0 Å². The van der Waals surface area contributed by atoms with Crippen LogP contribution in [-0.2, 0) is 25.1 Å². The first-order valence-corrected chi connectivity index (χ1v) is 13.4. The van der Waals surface area contributed by atoms with Gasteiger partial charge in [-0.25, -0.2) is 0 Å². The lowest BCUT2D eigenvalue weighted by molar-refractivity contribution is -0.136. The number of alkyl halides is 3. The van der Waals surface area contributed by atoms with Crippen LogP contribution < -0.4 is 5.56 Å². The Labute approximate surface area is 227 Å². The van der Waals surface area contributed by atoms with Crippen molar-refractivity contribution in [2.75, 3.05) is 13.1 Å². The molecular weight excluding hydrogens is 505 g/mol. The van der Waals surface area contributed by atoms with E-state index in [0.717, 1.165) is 53.9 Å². The number of pyridine rings is 1. The molecule has 1 N–H and O–H groups in total. The number of likely N-dealkylation sites (tertiary alicyclic amines) is 1. The van der Waals surface area contributed by atoms with E-state index >= 15 is 0 Å². The first kappa shape index (κ1) is 23.5. The van der Waals surface area contributed by atoms with Gasteiger partial charge in [0.25, 0.3) is 5.56 Å². The number of hydrogen-bond donors (Lipinski definition) is 1. The lowest BCUT2D eigenvalue weighted by atomic mass is 9.58. The average Bonchev–Trinajstić information content (AvgIpc) is 3.54. The number of aromatic amines is 1. The van der Waals surface area contributed by atoms with Crippen LogP contribution in [0.2, 0.25) is 0 Å². The van der Waals surface area contributed by atoms with Gasteiger partial charge >= 0.3 is 6.18 Å². The van der Waals surface area contributed by atoms with E-state index < -0.39 is 29.2 Å². The van der Waals surface area contributed by atoms with E-state index in [-0.39, 0.29) is 22.5 Å². The largest absolute Gasteiger partial charge is 0.418 e. The molecule has 0 spiro atoms. The van der Waals surface area contributed by atoms with Crippen LogP contribution in [0.5, 0.6) is 0 Å². The molecule has 0 bridgehead atoms. The lowest BCUT2D eigenvalue weighted by Crippen LogP contribution is -2.43. The molecule has 39 heavy (non-hydrogen) atoms. The minimum atomic E-state index is -4.76. The van der Waals surface area contributed by atoms with Crippen LogP contribution >= 0.6 is 0 Å². The zero-order chi connectivity index (χ0) is 29.3. The quantitative estimate of drug-likeness (QED) is 0.367. The van der Waals surface area contributed by atoms with Crippen LogP contribution in [0.4, 0.5) is 13.2 Å². The summed E-state index contributed by atoms with van der Waals surface area (Å²) in [5.74, 6) is 1.47. The Morgan fingerprint density at radius 2 is 2.00 bits per heavy atom. The van der Waals surface area contributed by atoms with Crippen LogP contribution in [0, 0.1) is 11.8 Å². The molecule has 1 aliphatic carbocycles. The highest BCUT2D eigenvalue weighted by Gasteiger charge is 2.48. The second kappa shape index (κ2) is 9.36. The summed E-state index contributed by atoms with van der Waals surface area (Å²) in [6, 6.07) is 8.18. The second-order valence-electron chi connectivity index (χ2n) is 11.4. The molecule has 7 nitrogen and oxygen atoms in total. The Kier molecular flexibility index (Phi) is 5.64. The number of nitrogens with one attached hydrogen (secondary N) is 1. The van der Waals surface area contributed by atoms with Gasteiger partial charge < -0.3 is 9.55 Å². The number of rotatable bonds is 5. The molecule has 1 saturated carbocycles. The van der Waals surface area contributed by atoms with E-state index in [9.17, 15) is 18.0 Å². The SMILES string of the molecule is [2H]C([2H])(c1cc2c(C(F)(F)F)cn(-c3cccc(C4(c5nncn5C)CC(C)C4)c3)c(=O)c2[nH]1)N1CCC[C@H](C)C1. The summed E-state index contributed by atoms with van der Waals surface area (Å²) in [5.41, 5.74) is -1.30. The highest BCUT2D eigenvalue weighted by Crippen LogP contribution is 2.51.